The Balaban J connectivity index is 0. The van der Waals surface area contributed by atoms with Gasteiger partial charge in [0.15, 0.2) is 0 Å². The molecule has 0 bridgehead atoms. The SMILES string of the molecule is CC(=CC(C)C)C(C)=CC(C)C.C[Si](C)(C)P(=NC1=CC=CC1)([Si](C)(C)C)[Si](C)(C)C.[Ti]. The van der Waals surface area contributed by atoms with Gasteiger partial charge in [-0.3, -0.25) is 4.74 Å². The molecule has 32 heavy (non-hydrogen) atoms. The van der Waals surface area contributed by atoms with Crippen molar-refractivity contribution in [3.8, 4) is 0 Å². The molecule has 0 heterocycles. The predicted molar refractivity (Wildman–Crippen MR) is 158 cm³/mol. The molecule has 184 valence electrons. The van der Waals surface area contributed by atoms with Crippen LogP contribution in [0.2, 0.25) is 58.9 Å². The van der Waals surface area contributed by atoms with Crippen molar-refractivity contribution in [3.05, 3.63) is 47.2 Å². The average molecular weight is 544 g/mol. The molecule has 1 aliphatic rings. The molecule has 0 N–H and O–H groups in total. The van der Waals surface area contributed by atoms with Gasteiger partial charge in [-0.2, -0.15) is 0 Å². The topological polar surface area (TPSA) is 12.4 Å². The van der Waals surface area contributed by atoms with Crippen molar-refractivity contribution in [2.24, 2.45) is 16.6 Å². The van der Waals surface area contributed by atoms with Crippen molar-refractivity contribution in [2.45, 2.75) is 107 Å². The van der Waals surface area contributed by atoms with E-state index in [9.17, 15) is 0 Å². The van der Waals surface area contributed by atoms with E-state index in [1.165, 1.54) is 16.8 Å². The van der Waals surface area contributed by atoms with Gasteiger partial charge in [-0.25, -0.2) is 0 Å². The Hall–Kier alpha value is 0.555. The monoisotopic (exact) mass is 543 g/mol. The predicted octanol–water partition coefficient (Wildman–Crippen LogP) is 10.7. The van der Waals surface area contributed by atoms with Gasteiger partial charge in [-0.05, 0) is 31.8 Å². The quantitative estimate of drug-likeness (QED) is 0.172. The summed E-state index contributed by atoms with van der Waals surface area (Å²) < 4.78 is 5.62. The molecule has 0 aromatic rings. The normalized spacial score (nSPS) is 16.0. The Bertz CT molecular complexity index is 704. The third-order valence-corrected chi connectivity index (χ3v) is 66.7. The van der Waals surface area contributed by atoms with Crippen LogP contribution in [0.1, 0.15) is 48.0 Å². The van der Waals surface area contributed by atoms with Crippen LogP contribution in [0.4, 0.5) is 0 Å². The molecule has 0 saturated carbocycles. The Morgan fingerprint density at radius 1 is 0.781 bits per heavy atom. The van der Waals surface area contributed by atoms with Crippen molar-refractivity contribution >= 4 is 28.9 Å². The van der Waals surface area contributed by atoms with Gasteiger partial charge in [-0.15, -0.1) is 0 Å². The van der Waals surface area contributed by atoms with Gasteiger partial charge >= 0.3 is 0 Å². The summed E-state index contributed by atoms with van der Waals surface area (Å²) in [5.74, 6) is 1.31. The maximum atomic E-state index is 5.62. The fourth-order valence-electron chi connectivity index (χ4n) is 5.43. The van der Waals surface area contributed by atoms with E-state index in [1.807, 2.05) is 0 Å². The van der Waals surface area contributed by atoms with Crippen LogP contribution >= 0.6 is 5.70 Å². The van der Waals surface area contributed by atoms with Crippen LogP contribution in [0.5, 0.6) is 0 Å². The van der Waals surface area contributed by atoms with Gasteiger partial charge in [0.05, 0.1) is 23.2 Å². The summed E-state index contributed by atoms with van der Waals surface area (Å²) in [6.07, 6.45) is 12.4. The van der Waals surface area contributed by atoms with Crippen LogP contribution in [0, 0.1) is 11.8 Å². The first-order valence-electron chi connectivity index (χ1n) is 12.1. The Morgan fingerprint density at radius 3 is 1.34 bits per heavy atom. The third-order valence-electron chi connectivity index (χ3n) is 5.73. The van der Waals surface area contributed by atoms with E-state index < -0.39 is 28.9 Å². The number of hydrogen-bond acceptors (Lipinski definition) is 1. The molecule has 0 atom stereocenters. The minimum absolute atomic E-state index is 0. The van der Waals surface area contributed by atoms with Gasteiger partial charge < -0.3 is 0 Å². The van der Waals surface area contributed by atoms with E-state index in [0.717, 1.165) is 6.42 Å². The molecule has 0 unspecified atom stereocenters. The summed E-state index contributed by atoms with van der Waals surface area (Å²) in [7, 11) is -3.83. The molecule has 1 aliphatic carbocycles. The first-order chi connectivity index (χ1) is 13.8. The summed E-state index contributed by atoms with van der Waals surface area (Å²) in [5, 5.41) is 0. The smallest absolute Gasteiger partial charge is 0.0843 e. The van der Waals surface area contributed by atoms with Crippen LogP contribution in [-0.4, -0.2) is 23.2 Å². The van der Waals surface area contributed by atoms with Gasteiger partial charge in [0, 0.05) is 33.8 Å². The fraction of sp³-hybridized carbons (Fsp3) is 0.692. The van der Waals surface area contributed by atoms with E-state index >= 15 is 0 Å². The summed E-state index contributed by atoms with van der Waals surface area (Å²) in [6.45, 7) is 36.5. The van der Waals surface area contributed by atoms with Gasteiger partial charge in [-0.1, -0.05) is 128 Å². The van der Waals surface area contributed by atoms with Gasteiger partial charge in [0.1, 0.15) is 0 Å². The average Bonchev–Trinajstić information content (AvgIpc) is 3.01. The molecular formula is C26H54NPSi3Ti. The molecule has 0 aliphatic heterocycles. The number of nitrogens with zero attached hydrogens (tertiary/aromatic N) is 1. The number of allylic oxidation sites excluding steroid dienone is 7. The minimum Gasteiger partial charge on any atom is -0.284 e. The Kier molecular flexibility index (Phi) is 14.7. The summed E-state index contributed by atoms with van der Waals surface area (Å²) in [4.78, 5) is 0. The zero-order valence-electron chi connectivity index (χ0n) is 24.1. The largest absolute Gasteiger partial charge is 0.284 e. The number of rotatable bonds is 7. The van der Waals surface area contributed by atoms with Gasteiger partial charge in [0.2, 0.25) is 0 Å². The summed E-state index contributed by atoms with van der Waals surface area (Å²) >= 11 is 0. The standard InChI is InChI=1S/C14H32NPSi3.C12H22.Ti/c1-17(2,3)16(18(4,5)6,19(7,8)9)15-14-12-10-11-13-14;1-9(2)7-11(5)12(6)8-10(3)4;/h10-12H,13H2,1-9H3;7-10H,1-6H3;. The molecule has 0 aromatic carbocycles. The first-order valence-corrected chi connectivity index (χ1v) is 26.9. The van der Waals surface area contributed by atoms with Crippen LogP contribution in [0.25, 0.3) is 0 Å². The summed E-state index contributed by atoms with van der Waals surface area (Å²) in [6, 6.07) is 0. The maximum absolute atomic E-state index is 5.62. The second kappa shape index (κ2) is 13.6. The molecule has 0 radical (unpaired) electrons. The van der Waals surface area contributed by atoms with E-state index in [1.54, 1.807) is 0 Å². The van der Waals surface area contributed by atoms with E-state index in [0.29, 0.717) is 11.8 Å². The maximum Gasteiger partial charge on any atom is 0.0843 e. The fourth-order valence-corrected chi connectivity index (χ4v) is 89.2. The molecular weight excluding hydrogens is 489 g/mol. The van der Waals surface area contributed by atoms with Crippen molar-refractivity contribution in [2.75, 3.05) is 0 Å². The molecule has 0 saturated heterocycles. The molecule has 6 heteroatoms. The summed E-state index contributed by atoms with van der Waals surface area (Å²) in [5.41, 5.74) is 3.04. The van der Waals surface area contributed by atoms with Crippen molar-refractivity contribution in [1.29, 1.82) is 0 Å². The molecule has 0 fully saturated rings. The van der Waals surface area contributed by atoms with Crippen molar-refractivity contribution < 1.29 is 21.7 Å². The second-order valence-corrected chi connectivity index (χ2v) is 49.1. The van der Waals surface area contributed by atoms with Crippen LogP contribution in [0.15, 0.2) is 52.0 Å². The van der Waals surface area contributed by atoms with Crippen molar-refractivity contribution in [1.82, 2.24) is 0 Å². The van der Waals surface area contributed by atoms with Gasteiger partial charge in [0.25, 0.3) is 0 Å². The minimum atomic E-state index is -1.28. The van der Waals surface area contributed by atoms with Crippen LogP contribution < -0.4 is 0 Å². The zero-order valence-corrected chi connectivity index (χ0v) is 29.6. The Labute approximate surface area is 220 Å². The zero-order chi connectivity index (χ0) is 24.8. The molecule has 0 amide bonds. The molecule has 1 rings (SSSR count). The number of hydrogen-bond donors (Lipinski definition) is 0. The van der Waals surface area contributed by atoms with Crippen LogP contribution in [0.3, 0.4) is 0 Å². The molecule has 1 nitrogen and oxygen atoms in total. The van der Waals surface area contributed by atoms with E-state index in [4.69, 9.17) is 4.74 Å². The second-order valence-electron chi connectivity index (χ2n) is 12.7. The van der Waals surface area contributed by atoms with E-state index in [2.05, 4.69) is 131 Å². The molecule has 0 aromatic heterocycles. The molecule has 0 spiro atoms. The van der Waals surface area contributed by atoms with Crippen LogP contribution in [-0.2, 0) is 21.7 Å². The van der Waals surface area contributed by atoms with Crippen molar-refractivity contribution in [3.63, 3.8) is 0 Å². The first kappa shape index (κ1) is 34.7. The third kappa shape index (κ3) is 10.0. The Morgan fingerprint density at radius 2 is 1.12 bits per heavy atom. The van der Waals surface area contributed by atoms with E-state index in [-0.39, 0.29) is 21.7 Å².